The molecule has 1 unspecified atom stereocenters. The second kappa shape index (κ2) is 8.12. The van der Waals surface area contributed by atoms with E-state index in [1.165, 1.54) is 0 Å². The van der Waals surface area contributed by atoms with Crippen molar-refractivity contribution in [3.05, 3.63) is 47.5 Å². The summed E-state index contributed by atoms with van der Waals surface area (Å²) in [5.74, 6) is -0.613. The number of phenols is 3. The van der Waals surface area contributed by atoms with Crippen LogP contribution < -0.4 is 0 Å². The van der Waals surface area contributed by atoms with Crippen molar-refractivity contribution in [3.63, 3.8) is 0 Å². The molecule has 0 aliphatic carbocycles. The summed E-state index contributed by atoms with van der Waals surface area (Å²) in [6.45, 7) is -4.51. The van der Waals surface area contributed by atoms with Crippen molar-refractivity contribution < 1.29 is 34.8 Å². The van der Waals surface area contributed by atoms with Crippen molar-refractivity contribution in [2.75, 3.05) is 0 Å². The lowest BCUT2D eigenvalue weighted by molar-refractivity contribution is 0.158. The third-order valence-electron chi connectivity index (χ3n) is 3.53. The largest absolute Gasteiger partial charge is 0.508 e. The average molecular weight is 386 g/mol. The third kappa shape index (κ3) is 5.95. The summed E-state index contributed by atoms with van der Waals surface area (Å²) in [6.07, 6.45) is 0.268. The molecule has 0 aromatic heterocycles. The van der Waals surface area contributed by atoms with Gasteiger partial charge in [0.1, 0.15) is 17.2 Å². The highest BCUT2D eigenvalue weighted by molar-refractivity contribution is 8.54. The van der Waals surface area contributed by atoms with Crippen LogP contribution in [0.1, 0.15) is 30.1 Å². The molecular weight excluding hydrogens is 367 g/mol. The number of aliphatic hydroxyl groups is 1. The monoisotopic (exact) mass is 386 g/mol. The number of aliphatic hydroxyl groups excluding tert-OH is 1. The van der Waals surface area contributed by atoms with Crippen molar-refractivity contribution in [2.24, 2.45) is 0 Å². The molecule has 9 heteroatoms. The standard InChI is InChI=1S/C16H19O7PS/c17-11-6-4-10(5-7-11)2-1-3-13(19)16-14(20)8-12(18)9-15(16)25-24(21,22)23/h4-9,13,17-20H,1-3H2,(H2,21,22,23). The molecule has 2 aromatic carbocycles. The summed E-state index contributed by atoms with van der Waals surface area (Å²) in [5, 5.41) is 39.1. The van der Waals surface area contributed by atoms with Crippen LogP contribution >= 0.6 is 18.2 Å². The van der Waals surface area contributed by atoms with E-state index in [9.17, 15) is 25.0 Å². The minimum atomic E-state index is -4.51. The highest BCUT2D eigenvalue weighted by Crippen LogP contribution is 2.57. The fourth-order valence-electron chi connectivity index (χ4n) is 2.44. The number of rotatable bonds is 7. The molecule has 0 heterocycles. The normalized spacial score (nSPS) is 12.9. The number of hydrogen-bond donors (Lipinski definition) is 6. The van der Waals surface area contributed by atoms with Crippen molar-refractivity contribution in [2.45, 2.75) is 30.3 Å². The van der Waals surface area contributed by atoms with Crippen LogP contribution in [0.2, 0.25) is 0 Å². The minimum Gasteiger partial charge on any atom is -0.508 e. The first kappa shape index (κ1) is 19.6. The fraction of sp³-hybridized carbons (Fsp3) is 0.250. The maximum atomic E-state index is 11.2. The molecule has 0 radical (unpaired) electrons. The molecule has 0 amide bonds. The van der Waals surface area contributed by atoms with Gasteiger partial charge < -0.3 is 30.2 Å². The van der Waals surface area contributed by atoms with E-state index in [0.29, 0.717) is 12.8 Å². The molecule has 6 N–H and O–H groups in total. The van der Waals surface area contributed by atoms with E-state index in [1.807, 2.05) is 0 Å². The zero-order chi connectivity index (χ0) is 18.6. The van der Waals surface area contributed by atoms with E-state index < -0.39 is 18.7 Å². The third-order valence-corrected chi connectivity index (χ3v) is 5.61. The SMILES string of the molecule is O=P(O)(O)Sc1cc(O)cc(O)c1C(O)CCCc1ccc(O)cc1. The molecular formula is C16H19O7PS. The van der Waals surface area contributed by atoms with Crippen LogP contribution in [0.4, 0.5) is 0 Å². The second-order valence-corrected chi connectivity index (χ2v) is 9.11. The van der Waals surface area contributed by atoms with Crippen molar-refractivity contribution in [1.82, 2.24) is 0 Å². The van der Waals surface area contributed by atoms with Crippen LogP contribution in [0, 0.1) is 0 Å². The Balaban J connectivity index is 2.10. The smallest absolute Gasteiger partial charge is 0.388 e. The highest BCUT2D eigenvalue weighted by Gasteiger charge is 2.24. The minimum absolute atomic E-state index is 0.0168. The zero-order valence-corrected chi connectivity index (χ0v) is 14.8. The van der Waals surface area contributed by atoms with E-state index in [4.69, 9.17) is 9.79 Å². The molecule has 25 heavy (non-hydrogen) atoms. The molecule has 2 rings (SSSR count). The van der Waals surface area contributed by atoms with Gasteiger partial charge in [0.15, 0.2) is 0 Å². The molecule has 0 spiro atoms. The second-order valence-electron chi connectivity index (χ2n) is 5.53. The van der Waals surface area contributed by atoms with Crippen LogP contribution in [-0.4, -0.2) is 30.2 Å². The van der Waals surface area contributed by atoms with Gasteiger partial charge in [0.05, 0.1) is 6.10 Å². The van der Waals surface area contributed by atoms with Crippen LogP contribution in [0.3, 0.4) is 0 Å². The quantitative estimate of drug-likeness (QED) is 0.399. The summed E-state index contributed by atoms with van der Waals surface area (Å²) in [4.78, 5) is 18.2. The molecule has 136 valence electrons. The highest BCUT2D eigenvalue weighted by atomic mass is 32.7. The van der Waals surface area contributed by atoms with E-state index in [1.54, 1.807) is 24.3 Å². The first-order valence-electron chi connectivity index (χ1n) is 7.42. The molecule has 0 saturated carbocycles. The molecule has 7 nitrogen and oxygen atoms in total. The summed E-state index contributed by atoms with van der Waals surface area (Å²) in [7, 11) is 0. The van der Waals surface area contributed by atoms with Gasteiger partial charge >= 0.3 is 6.80 Å². The Bertz CT molecular complexity index is 773. The lowest BCUT2D eigenvalue weighted by atomic mass is 10.0. The van der Waals surface area contributed by atoms with Crippen LogP contribution in [0.5, 0.6) is 17.2 Å². The lowest BCUT2D eigenvalue weighted by Crippen LogP contribution is -2.01. The van der Waals surface area contributed by atoms with Crippen LogP contribution in [-0.2, 0) is 11.0 Å². The summed E-state index contributed by atoms with van der Waals surface area (Å²) in [6, 6.07) is 8.76. The van der Waals surface area contributed by atoms with Crippen molar-refractivity contribution in [1.29, 1.82) is 0 Å². The zero-order valence-electron chi connectivity index (χ0n) is 13.1. The Morgan fingerprint density at radius 3 is 2.24 bits per heavy atom. The van der Waals surface area contributed by atoms with E-state index in [-0.39, 0.29) is 39.8 Å². The van der Waals surface area contributed by atoms with E-state index in [0.717, 1.165) is 17.7 Å². The summed E-state index contributed by atoms with van der Waals surface area (Å²) < 4.78 is 11.2. The average Bonchev–Trinajstić information content (AvgIpc) is 2.46. The number of aromatic hydroxyl groups is 3. The molecule has 0 fully saturated rings. The first-order valence-corrected chi connectivity index (χ1v) is 10.5. The Labute approximate surface area is 148 Å². The number of aryl methyl sites for hydroxylation is 1. The van der Waals surface area contributed by atoms with Gasteiger partial charge in [-0.25, -0.2) is 4.57 Å². The lowest BCUT2D eigenvalue weighted by Gasteiger charge is -2.17. The Morgan fingerprint density at radius 1 is 1.00 bits per heavy atom. The number of phenolic OH excluding ortho intramolecular Hbond substituents is 3. The van der Waals surface area contributed by atoms with E-state index >= 15 is 0 Å². The molecule has 0 saturated heterocycles. The van der Waals surface area contributed by atoms with Crippen LogP contribution in [0.25, 0.3) is 0 Å². The Hall–Kier alpha value is -1.70. The van der Waals surface area contributed by atoms with Gasteiger partial charge in [0.2, 0.25) is 0 Å². The molecule has 1 atom stereocenters. The molecule has 0 aliphatic heterocycles. The predicted molar refractivity (Wildman–Crippen MR) is 93.7 cm³/mol. The van der Waals surface area contributed by atoms with Gasteiger partial charge in [-0.2, -0.15) is 0 Å². The number of hydrogen-bond acceptors (Lipinski definition) is 6. The molecule has 0 bridgehead atoms. The number of benzene rings is 2. The maximum absolute atomic E-state index is 11.2. The van der Waals surface area contributed by atoms with Gasteiger partial charge in [-0.3, -0.25) is 0 Å². The van der Waals surface area contributed by atoms with Crippen molar-refractivity contribution >= 4 is 18.2 Å². The summed E-state index contributed by atoms with van der Waals surface area (Å²) in [5.41, 5.74) is 0.946. The van der Waals surface area contributed by atoms with Gasteiger partial charge in [-0.15, -0.1) is 0 Å². The fourth-order valence-corrected chi connectivity index (χ4v) is 4.43. The van der Waals surface area contributed by atoms with Gasteiger partial charge in [0, 0.05) is 16.5 Å². The van der Waals surface area contributed by atoms with Crippen molar-refractivity contribution in [3.8, 4) is 17.2 Å². The molecule has 0 aliphatic rings. The van der Waals surface area contributed by atoms with Crippen LogP contribution in [0.15, 0.2) is 41.3 Å². The van der Waals surface area contributed by atoms with E-state index in [2.05, 4.69) is 0 Å². The Morgan fingerprint density at radius 2 is 1.64 bits per heavy atom. The predicted octanol–water partition coefficient (Wildman–Crippen LogP) is 3.04. The molecule has 2 aromatic rings. The summed E-state index contributed by atoms with van der Waals surface area (Å²) >= 11 is 0.174. The van der Waals surface area contributed by atoms with Gasteiger partial charge in [0.25, 0.3) is 0 Å². The van der Waals surface area contributed by atoms with Gasteiger partial charge in [-0.1, -0.05) is 12.1 Å². The Kier molecular flexibility index (Phi) is 6.37. The maximum Gasteiger partial charge on any atom is 0.388 e. The first-order chi connectivity index (χ1) is 11.7. The topological polar surface area (TPSA) is 138 Å². The van der Waals surface area contributed by atoms with Gasteiger partial charge in [-0.05, 0) is 54.4 Å².